The zero-order chi connectivity index (χ0) is 21.7. The van der Waals surface area contributed by atoms with Gasteiger partial charge in [0, 0.05) is 0 Å². The normalized spacial score (nSPS) is 12.5. The molecule has 3 N–H and O–H groups in total. The Hall–Kier alpha value is -3.06. The van der Waals surface area contributed by atoms with Gasteiger partial charge < -0.3 is 19.9 Å². The van der Waals surface area contributed by atoms with E-state index in [-0.39, 0.29) is 12.0 Å². The number of nitrogens with zero attached hydrogens (tertiary/aromatic N) is 2. The highest BCUT2D eigenvalue weighted by Gasteiger charge is 2.17. The molecule has 0 bridgehead atoms. The molecule has 0 radical (unpaired) electrons. The lowest BCUT2D eigenvalue weighted by Crippen LogP contribution is -2.14. The first-order valence-corrected chi connectivity index (χ1v) is 10.0. The van der Waals surface area contributed by atoms with Crippen LogP contribution in [0.15, 0.2) is 42.5 Å². The largest absolute Gasteiger partial charge is 0.493 e. The maximum atomic E-state index is 6.36. The zero-order valence-electron chi connectivity index (χ0n) is 18.2. The van der Waals surface area contributed by atoms with E-state index in [0.717, 1.165) is 11.3 Å². The number of rotatable bonds is 8. The molecule has 0 aliphatic rings. The molecule has 30 heavy (non-hydrogen) atoms. The van der Waals surface area contributed by atoms with Crippen molar-refractivity contribution in [3.63, 3.8) is 0 Å². The first-order chi connectivity index (χ1) is 14.3. The van der Waals surface area contributed by atoms with Crippen LogP contribution in [-0.2, 0) is 12.0 Å². The number of hydrogen-bond acceptors (Lipinski definition) is 6. The molecule has 7 nitrogen and oxygen atoms in total. The molecule has 0 saturated heterocycles. The second-order valence-electron chi connectivity index (χ2n) is 8.02. The van der Waals surface area contributed by atoms with Gasteiger partial charge >= 0.3 is 0 Å². The van der Waals surface area contributed by atoms with Crippen molar-refractivity contribution in [2.45, 2.75) is 45.8 Å². The Labute approximate surface area is 177 Å². The minimum Gasteiger partial charge on any atom is -0.493 e. The van der Waals surface area contributed by atoms with Gasteiger partial charge in [-0.3, -0.25) is 5.10 Å². The second-order valence-corrected chi connectivity index (χ2v) is 8.02. The molecule has 2 aromatic carbocycles. The summed E-state index contributed by atoms with van der Waals surface area (Å²) in [6, 6.07) is 13.2. The van der Waals surface area contributed by atoms with Crippen molar-refractivity contribution in [3.8, 4) is 17.2 Å². The van der Waals surface area contributed by atoms with Crippen molar-refractivity contribution in [3.05, 3.63) is 65.2 Å². The second kappa shape index (κ2) is 9.17. The predicted molar refractivity (Wildman–Crippen MR) is 116 cm³/mol. The van der Waals surface area contributed by atoms with Gasteiger partial charge in [-0.1, -0.05) is 39.0 Å². The van der Waals surface area contributed by atoms with Gasteiger partial charge in [0.25, 0.3) is 0 Å². The number of ether oxygens (including phenoxy) is 3. The molecule has 0 aliphatic heterocycles. The number of nitrogens with one attached hydrogen (secondary N) is 1. The molecule has 0 saturated carbocycles. The fraction of sp³-hybridized carbons (Fsp3) is 0.391. The van der Waals surface area contributed by atoms with Crippen LogP contribution in [0, 0.1) is 0 Å². The number of methoxy groups -OCH3 is 1. The quantitative estimate of drug-likeness (QED) is 0.580. The van der Waals surface area contributed by atoms with Gasteiger partial charge in [-0.05, 0) is 47.7 Å². The third-order valence-corrected chi connectivity index (χ3v) is 4.77. The van der Waals surface area contributed by atoms with Crippen molar-refractivity contribution in [1.29, 1.82) is 0 Å². The van der Waals surface area contributed by atoms with E-state index in [4.69, 9.17) is 19.9 Å². The van der Waals surface area contributed by atoms with Gasteiger partial charge in [0.2, 0.25) is 0 Å². The molecule has 3 aromatic rings. The summed E-state index contributed by atoms with van der Waals surface area (Å²) < 4.78 is 16.8. The number of hydrogen-bond donors (Lipinski definition) is 2. The Morgan fingerprint density at radius 2 is 1.77 bits per heavy atom. The smallest absolute Gasteiger partial charge is 0.172 e. The molecule has 7 heteroatoms. The molecule has 1 aromatic heterocycles. The maximum Gasteiger partial charge on any atom is 0.172 e. The van der Waals surface area contributed by atoms with Gasteiger partial charge in [0.1, 0.15) is 12.4 Å². The SMILES string of the molecule is CCOc1ccc([C@@H](N)c2n[nH]c(COc3ccc(C(C)(C)C)cc3)n2)cc1OC. The first-order valence-electron chi connectivity index (χ1n) is 10.0. The van der Waals surface area contributed by atoms with Gasteiger partial charge in [0.15, 0.2) is 23.1 Å². The number of aromatic nitrogens is 3. The van der Waals surface area contributed by atoms with Crippen LogP contribution in [0.4, 0.5) is 0 Å². The van der Waals surface area contributed by atoms with Crippen molar-refractivity contribution in [2.75, 3.05) is 13.7 Å². The Morgan fingerprint density at radius 3 is 2.40 bits per heavy atom. The topological polar surface area (TPSA) is 95.3 Å². The van der Waals surface area contributed by atoms with Crippen molar-refractivity contribution < 1.29 is 14.2 Å². The molecule has 0 aliphatic carbocycles. The third-order valence-electron chi connectivity index (χ3n) is 4.77. The molecule has 0 amide bonds. The lowest BCUT2D eigenvalue weighted by Gasteiger charge is -2.19. The molecule has 0 unspecified atom stereocenters. The summed E-state index contributed by atoms with van der Waals surface area (Å²) in [5.74, 6) is 3.18. The molecule has 3 rings (SSSR count). The van der Waals surface area contributed by atoms with Crippen molar-refractivity contribution >= 4 is 0 Å². The van der Waals surface area contributed by atoms with Crippen LogP contribution < -0.4 is 19.9 Å². The summed E-state index contributed by atoms with van der Waals surface area (Å²) in [5, 5.41) is 7.15. The summed E-state index contributed by atoms with van der Waals surface area (Å²) in [6.07, 6.45) is 0. The van der Waals surface area contributed by atoms with E-state index in [9.17, 15) is 0 Å². The Morgan fingerprint density at radius 1 is 1.03 bits per heavy atom. The highest BCUT2D eigenvalue weighted by molar-refractivity contribution is 5.44. The lowest BCUT2D eigenvalue weighted by molar-refractivity contribution is 0.296. The monoisotopic (exact) mass is 410 g/mol. The van der Waals surface area contributed by atoms with Gasteiger partial charge in [-0.15, -0.1) is 0 Å². The summed E-state index contributed by atoms with van der Waals surface area (Å²) in [7, 11) is 1.60. The van der Waals surface area contributed by atoms with E-state index in [1.165, 1.54) is 5.56 Å². The Balaban J connectivity index is 1.65. The van der Waals surface area contributed by atoms with E-state index in [1.54, 1.807) is 7.11 Å². The summed E-state index contributed by atoms with van der Waals surface area (Å²) in [5.41, 5.74) is 8.56. The van der Waals surface area contributed by atoms with Gasteiger partial charge in [-0.2, -0.15) is 5.10 Å². The zero-order valence-corrected chi connectivity index (χ0v) is 18.2. The van der Waals surface area contributed by atoms with Crippen LogP contribution in [0.3, 0.4) is 0 Å². The highest BCUT2D eigenvalue weighted by Crippen LogP contribution is 2.31. The van der Waals surface area contributed by atoms with E-state index in [2.05, 4.69) is 48.1 Å². The molecule has 0 fully saturated rings. The standard InChI is InChI=1S/C23H30N4O3/c1-6-29-18-12-7-15(13-19(18)28-5)21(24)22-25-20(26-27-22)14-30-17-10-8-16(9-11-17)23(2,3)4/h7-13,21H,6,14,24H2,1-5H3,(H,25,26,27)/t21-/m1/s1. The van der Waals surface area contributed by atoms with Gasteiger partial charge in [-0.25, -0.2) is 4.98 Å². The van der Waals surface area contributed by atoms with Crippen LogP contribution in [0.25, 0.3) is 0 Å². The fourth-order valence-corrected chi connectivity index (χ4v) is 3.02. The summed E-state index contributed by atoms with van der Waals surface area (Å²) in [4.78, 5) is 4.48. The van der Waals surface area contributed by atoms with E-state index >= 15 is 0 Å². The van der Waals surface area contributed by atoms with Crippen LogP contribution in [0.5, 0.6) is 17.2 Å². The molecular formula is C23H30N4O3. The molecular weight excluding hydrogens is 380 g/mol. The predicted octanol–water partition coefficient (Wildman–Crippen LogP) is 4.14. The van der Waals surface area contributed by atoms with E-state index < -0.39 is 6.04 Å². The molecule has 1 heterocycles. The first kappa shape index (κ1) is 21.6. The van der Waals surface area contributed by atoms with Crippen LogP contribution in [0.1, 0.15) is 56.5 Å². The summed E-state index contributed by atoms with van der Waals surface area (Å²) in [6.45, 7) is 9.31. The molecule has 160 valence electrons. The number of benzene rings is 2. The van der Waals surface area contributed by atoms with E-state index in [0.29, 0.717) is 29.8 Å². The highest BCUT2D eigenvalue weighted by atomic mass is 16.5. The average Bonchev–Trinajstić information content (AvgIpc) is 3.21. The van der Waals surface area contributed by atoms with Gasteiger partial charge in [0.05, 0.1) is 19.8 Å². The molecule has 0 spiro atoms. The van der Waals surface area contributed by atoms with Crippen LogP contribution >= 0.6 is 0 Å². The van der Waals surface area contributed by atoms with Crippen LogP contribution in [-0.4, -0.2) is 28.9 Å². The summed E-state index contributed by atoms with van der Waals surface area (Å²) >= 11 is 0. The van der Waals surface area contributed by atoms with E-state index in [1.807, 2.05) is 37.3 Å². The number of nitrogens with two attached hydrogens (primary N) is 1. The Bertz CT molecular complexity index is 961. The minimum atomic E-state index is -0.495. The Kier molecular flexibility index (Phi) is 6.62. The number of aromatic amines is 1. The van der Waals surface area contributed by atoms with Crippen molar-refractivity contribution in [2.24, 2.45) is 5.73 Å². The fourth-order valence-electron chi connectivity index (χ4n) is 3.02. The number of H-pyrrole nitrogens is 1. The third kappa shape index (κ3) is 5.10. The minimum absolute atomic E-state index is 0.109. The maximum absolute atomic E-state index is 6.36. The molecule has 1 atom stereocenters. The average molecular weight is 411 g/mol. The lowest BCUT2D eigenvalue weighted by atomic mass is 9.87. The van der Waals surface area contributed by atoms with Crippen molar-refractivity contribution in [1.82, 2.24) is 15.2 Å². The van der Waals surface area contributed by atoms with Crippen LogP contribution in [0.2, 0.25) is 0 Å².